The number of nitrogens with one attached hydrogen (secondary N) is 1. The molecule has 7 heteroatoms. The number of benzene rings is 1. The molecule has 24 heavy (non-hydrogen) atoms. The third-order valence-corrected chi connectivity index (χ3v) is 4.03. The molecule has 0 bridgehead atoms. The average Bonchev–Trinajstić information content (AvgIpc) is 3.16. The van der Waals surface area contributed by atoms with Crippen LogP contribution in [-0.2, 0) is 16.3 Å². The normalized spacial score (nSPS) is 16.6. The molecule has 0 saturated heterocycles. The number of amides is 1. The fraction of sp³-hybridized carbons (Fsp3) is 0.588. The number of nitrogens with two attached hydrogens (primary N) is 1. The molecule has 1 aliphatic carbocycles. The van der Waals surface area contributed by atoms with Gasteiger partial charge in [0.25, 0.3) is 0 Å². The van der Waals surface area contributed by atoms with Crippen LogP contribution in [0.2, 0.25) is 0 Å². The van der Waals surface area contributed by atoms with Crippen molar-refractivity contribution in [3.8, 4) is 0 Å². The fourth-order valence-corrected chi connectivity index (χ4v) is 2.78. The van der Waals surface area contributed by atoms with Gasteiger partial charge in [0.15, 0.2) is 0 Å². The smallest absolute Gasteiger partial charge is 0.416 e. The van der Waals surface area contributed by atoms with Gasteiger partial charge in [0.1, 0.15) is 5.60 Å². The Morgan fingerprint density at radius 2 is 1.92 bits per heavy atom. The molecular formula is C17H23F3N2O2. The quantitative estimate of drug-likeness (QED) is 0.849. The Hall–Kier alpha value is -1.76. The van der Waals surface area contributed by atoms with Crippen molar-refractivity contribution >= 4 is 11.8 Å². The summed E-state index contributed by atoms with van der Waals surface area (Å²) in [5.41, 5.74) is 4.68. The maximum Gasteiger partial charge on any atom is 0.416 e. The van der Waals surface area contributed by atoms with Crippen LogP contribution in [-0.4, -0.2) is 18.2 Å². The molecule has 2 rings (SSSR count). The summed E-state index contributed by atoms with van der Waals surface area (Å²) in [6.07, 6.45) is -2.89. The van der Waals surface area contributed by atoms with E-state index >= 15 is 0 Å². The van der Waals surface area contributed by atoms with Gasteiger partial charge in [0.2, 0.25) is 0 Å². The first-order valence-electron chi connectivity index (χ1n) is 7.89. The Bertz CT molecular complexity index is 617. The molecule has 0 radical (unpaired) electrons. The van der Waals surface area contributed by atoms with Crippen molar-refractivity contribution in [3.05, 3.63) is 29.3 Å². The van der Waals surface area contributed by atoms with Gasteiger partial charge in [-0.1, -0.05) is 6.07 Å². The van der Waals surface area contributed by atoms with Gasteiger partial charge in [0, 0.05) is 5.69 Å². The van der Waals surface area contributed by atoms with E-state index in [-0.39, 0.29) is 11.1 Å². The lowest BCUT2D eigenvalue weighted by atomic mass is 9.90. The van der Waals surface area contributed by atoms with Crippen molar-refractivity contribution in [2.24, 2.45) is 5.73 Å². The highest BCUT2D eigenvalue weighted by Crippen LogP contribution is 2.53. The zero-order chi connectivity index (χ0) is 18.2. The SMILES string of the molecule is CC(C)(C)OC(=O)Nc1cc(C(F)(F)F)ccc1C1(CCN)CC1. The highest BCUT2D eigenvalue weighted by atomic mass is 19.4. The molecule has 1 aliphatic rings. The Morgan fingerprint density at radius 1 is 1.29 bits per heavy atom. The van der Waals surface area contributed by atoms with Gasteiger partial charge in [0.05, 0.1) is 5.56 Å². The highest BCUT2D eigenvalue weighted by Gasteiger charge is 2.45. The van der Waals surface area contributed by atoms with Crippen molar-refractivity contribution in [2.45, 2.75) is 57.2 Å². The molecule has 1 amide bonds. The van der Waals surface area contributed by atoms with Crippen LogP contribution in [0, 0.1) is 0 Å². The minimum atomic E-state index is -4.48. The number of carbonyl (C=O) groups excluding carboxylic acids is 1. The minimum absolute atomic E-state index is 0.144. The predicted octanol–water partition coefficient (Wildman–Crippen LogP) is 4.43. The zero-order valence-electron chi connectivity index (χ0n) is 14.1. The second-order valence-corrected chi connectivity index (χ2v) is 7.20. The van der Waals surface area contributed by atoms with Crippen molar-refractivity contribution < 1.29 is 22.7 Å². The number of alkyl halides is 3. The van der Waals surface area contributed by atoms with Gasteiger partial charge in [-0.3, -0.25) is 5.32 Å². The molecular weight excluding hydrogens is 321 g/mol. The number of rotatable bonds is 4. The van der Waals surface area contributed by atoms with E-state index in [1.165, 1.54) is 6.07 Å². The van der Waals surface area contributed by atoms with Gasteiger partial charge in [-0.25, -0.2) is 4.79 Å². The summed E-state index contributed by atoms with van der Waals surface area (Å²) < 4.78 is 44.2. The van der Waals surface area contributed by atoms with Crippen LogP contribution in [0.5, 0.6) is 0 Å². The molecule has 1 aromatic carbocycles. The van der Waals surface area contributed by atoms with Gasteiger partial charge >= 0.3 is 12.3 Å². The molecule has 3 N–H and O–H groups in total. The standard InChI is InChI=1S/C17H23F3N2O2/c1-15(2,3)24-14(23)22-13-10-11(17(18,19)20)4-5-12(13)16(6-7-16)8-9-21/h4-5,10H,6-9,21H2,1-3H3,(H,22,23). The number of hydrogen-bond donors (Lipinski definition) is 2. The molecule has 0 unspecified atom stereocenters. The van der Waals surface area contributed by atoms with E-state index in [0.717, 1.165) is 25.0 Å². The molecule has 1 aromatic rings. The number of halogens is 3. The maximum atomic E-state index is 13.0. The molecule has 1 saturated carbocycles. The van der Waals surface area contributed by atoms with Crippen LogP contribution in [0.1, 0.15) is 51.2 Å². The predicted molar refractivity (Wildman–Crippen MR) is 85.9 cm³/mol. The Balaban J connectivity index is 2.36. The molecule has 0 aliphatic heterocycles. The van der Waals surface area contributed by atoms with Gasteiger partial charge in [-0.05, 0) is 69.7 Å². The number of hydrogen-bond acceptors (Lipinski definition) is 3. The molecule has 0 spiro atoms. The second-order valence-electron chi connectivity index (χ2n) is 7.20. The fourth-order valence-electron chi connectivity index (χ4n) is 2.78. The molecule has 134 valence electrons. The molecule has 0 heterocycles. The van der Waals surface area contributed by atoms with Crippen LogP contribution in [0.25, 0.3) is 0 Å². The summed E-state index contributed by atoms with van der Waals surface area (Å²) >= 11 is 0. The van der Waals surface area contributed by atoms with Crippen molar-refractivity contribution in [1.29, 1.82) is 0 Å². The summed E-state index contributed by atoms with van der Waals surface area (Å²) in [6.45, 7) is 5.51. The van der Waals surface area contributed by atoms with E-state index < -0.39 is 23.4 Å². The lowest BCUT2D eigenvalue weighted by molar-refractivity contribution is -0.137. The lowest BCUT2D eigenvalue weighted by Crippen LogP contribution is -2.28. The number of carbonyl (C=O) groups is 1. The summed E-state index contributed by atoms with van der Waals surface area (Å²) in [4.78, 5) is 12.0. The molecule has 4 nitrogen and oxygen atoms in total. The summed E-state index contributed by atoms with van der Waals surface area (Å²) in [7, 11) is 0. The van der Waals surface area contributed by atoms with Crippen molar-refractivity contribution in [3.63, 3.8) is 0 Å². The molecule has 0 atom stereocenters. The van der Waals surface area contributed by atoms with Crippen LogP contribution in [0.4, 0.5) is 23.7 Å². The van der Waals surface area contributed by atoms with E-state index in [1.807, 2.05) is 0 Å². The minimum Gasteiger partial charge on any atom is -0.444 e. The third-order valence-electron chi connectivity index (χ3n) is 4.03. The first-order valence-corrected chi connectivity index (χ1v) is 7.89. The van der Waals surface area contributed by atoms with Crippen LogP contribution < -0.4 is 11.1 Å². The van der Waals surface area contributed by atoms with E-state index in [2.05, 4.69) is 5.32 Å². The third kappa shape index (κ3) is 4.41. The van der Waals surface area contributed by atoms with Crippen LogP contribution >= 0.6 is 0 Å². The summed E-state index contributed by atoms with van der Waals surface area (Å²) in [6, 6.07) is 3.46. The monoisotopic (exact) mass is 344 g/mol. The van der Waals surface area contributed by atoms with E-state index in [4.69, 9.17) is 10.5 Å². The van der Waals surface area contributed by atoms with Crippen molar-refractivity contribution in [1.82, 2.24) is 0 Å². The van der Waals surface area contributed by atoms with Crippen LogP contribution in [0.3, 0.4) is 0 Å². The number of ether oxygens (including phenoxy) is 1. The van der Waals surface area contributed by atoms with Crippen molar-refractivity contribution in [2.75, 3.05) is 11.9 Å². The maximum absolute atomic E-state index is 13.0. The highest BCUT2D eigenvalue weighted by molar-refractivity contribution is 5.86. The van der Waals surface area contributed by atoms with Gasteiger partial charge in [-0.2, -0.15) is 13.2 Å². The molecule has 1 fully saturated rings. The Morgan fingerprint density at radius 3 is 2.38 bits per heavy atom. The zero-order valence-corrected chi connectivity index (χ0v) is 14.1. The topological polar surface area (TPSA) is 64.3 Å². The second kappa shape index (κ2) is 6.27. The van der Waals surface area contributed by atoms with Crippen LogP contribution in [0.15, 0.2) is 18.2 Å². The largest absolute Gasteiger partial charge is 0.444 e. The van der Waals surface area contributed by atoms with E-state index in [0.29, 0.717) is 18.5 Å². The number of anilines is 1. The van der Waals surface area contributed by atoms with Gasteiger partial charge < -0.3 is 10.5 Å². The molecule has 0 aromatic heterocycles. The van der Waals surface area contributed by atoms with E-state index in [1.54, 1.807) is 20.8 Å². The van der Waals surface area contributed by atoms with Gasteiger partial charge in [-0.15, -0.1) is 0 Å². The lowest BCUT2D eigenvalue weighted by Gasteiger charge is -2.23. The first-order chi connectivity index (χ1) is 11.0. The first kappa shape index (κ1) is 18.6. The summed E-state index contributed by atoms with van der Waals surface area (Å²) in [5.74, 6) is 0. The summed E-state index contributed by atoms with van der Waals surface area (Å²) in [5, 5.41) is 2.48. The Kier molecular flexibility index (Phi) is 4.86. The Labute approximate surface area is 139 Å². The van der Waals surface area contributed by atoms with E-state index in [9.17, 15) is 18.0 Å². The average molecular weight is 344 g/mol.